The third-order valence-electron chi connectivity index (χ3n) is 3.16. The average molecular weight is 306 g/mol. The van der Waals surface area contributed by atoms with Gasteiger partial charge in [-0.15, -0.1) is 0 Å². The number of ether oxygens (including phenoxy) is 3. The Morgan fingerprint density at radius 2 is 1.86 bits per heavy atom. The van der Waals surface area contributed by atoms with Crippen molar-refractivity contribution in [2.45, 2.75) is 37.4 Å². The Kier molecular flexibility index (Phi) is 7.23. The Morgan fingerprint density at radius 1 is 1.19 bits per heavy atom. The van der Waals surface area contributed by atoms with Crippen molar-refractivity contribution in [2.24, 2.45) is 0 Å². The van der Waals surface area contributed by atoms with Crippen molar-refractivity contribution >= 4 is 5.97 Å². The summed E-state index contributed by atoms with van der Waals surface area (Å²) >= 11 is 0. The van der Waals surface area contributed by atoms with E-state index < -0.39 is 43.1 Å². The highest BCUT2D eigenvalue weighted by Crippen LogP contribution is 2.25. The summed E-state index contributed by atoms with van der Waals surface area (Å²) in [6.45, 7) is 5.44. The molecule has 0 aliphatic carbocycles. The van der Waals surface area contributed by atoms with E-state index in [0.717, 1.165) is 0 Å². The largest absolute Gasteiger partial charge is 0.460 e. The van der Waals surface area contributed by atoms with Gasteiger partial charge in [0, 0.05) is 6.61 Å². The van der Waals surface area contributed by atoms with E-state index in [0.29, 0.717) is 6.61 Å². The quantitative estimate of drug-likeness (QED) is 0.241. The van der Waals surface area contributed by atoms with Gasteiger partial charge >= 0.3 is 5.97 Å². The van der Waals surface area contributed by atoms with Crippen LogP contribution in [0.25, 0.3) is 0 Å². The van der Waals surface area contributed by atoms with Crippen molar-refractivity contribution in [2.75, 3.05) is 26.4 Å². The van der Waals surface area contributed by atoms with E-state index in [-0.39, 0.29) is 18.8 Å². The lowest BCUT2D eigenvalue weighted by Crippen LogP contribution is -2.59. The van der Waals surface area contributed by atoms with Gasteiger partial charge in [-0.3, -0.25) is 0 Å². The maximum atomic E-state index is 11.8. The van der Waals surface area contributed by atoms with Gasteiger partial charge in [0.15, 0.2) is 0 Å². The molecule has 0 saturated carbocycles. The molecule has 0 bridgehead atoms. The van der Waals surface area contributed by atoms with E-state index >= 15 is 0 Å². The van der Waals surface area contributed by atoms with E-state index in [1.807, 2.05) is 0 Å². The molecule has 0 aromatic heterocycles. The van der Waals surface area contributed by atoms with Crippen LogP contribution in [0.5, 0.6) is 0 Å². The molecule has 1 fully saturated rings. The van der Waals surface area contributed by atoms with Gasteiger partial charge in [0.05, 0.1) is 18.8 Å². The monoisotopic (exact) mass is 306 g/mol. The molecule has 0 amide bonds. The minimum atomic E-state index is -1.56. The predicted molar refractivity (Wildman–Crippen MR) is 70.4 cm³/mol. The van der Waals surface area contributed by atoms with Crippen LogP contribution in [0.2, 0.25) is 0 Å². The van der Waals surface area contributed by atoms with Crippen molar-refractivity contribution in [3.63, 3.8) is 0 Å². The highest BCUT2D eigenvalue weighted by atomic mass is 16.6. The van der Waals surface area contributed by atoms with Crippen LogP contribution in [0.15, 0.2) is 12.2 Å². The van der Waals surface area contributed by atoms with Crippen LogP contribution in [0.3, 0.4) is 0 Å². The standard InChI is InChI=1S/C13H22O8/c1-3-19-4-5-20-13(18)7(2)12-11(17)10(16)9(15)8(6-14)21-12/h8-12,14-17H,2-6H2,1H3/t8-,9-,10+,11-,12?/m1/s1. The third-order valence-corrected chi connectivity index (χ3v) is 3.16. The molecule has 122 valence electrons. The number of esters is 1. The molecule has 8 nitrogen and oxygen atoms in total. The molecule has 5 atom stereocenters. The maximum Gasteiger partial charge on any atom is 0.336 e. The second-order valence-corrected chi connectivity index (χ2v) is 4.61. The average Bonchev–Trinajstić information content (AvgIpc) is 2.48. The smallest absolute Gasteiger partial charge is 0.336 e. The summed E-state index contributed by atoms with van der Waals surface area (Å²) in [7, 11) is 0. The first-order valence-electron chi connectivity index (χ1n) is 6.68. The molecule has 4 N–H and O–H groups in total. The Bertz CT molecular complexity index is 356. The molecular weight excluding hydrogens is 284 g/mol. The Balaban J connectivity index is 2.61. The van der Waals surface area contributed by atoms with Crippen LogP contribution >= 0.6 is 0 Å². The summed E-state index contributed by atoms with van der Waals surface area (Å²) in [5.74, 6) is -0.806. The number of hydrogen-bond acceptors (Lipinski definition) is 8. The van der Waals surface area contributed by atoms with Gasteiger partial charge in [-0.25, -0.2) is 4.79 Å². The molecule has 1 aliphatic rings. The lowest BCUT2D eigenvalue weighted by molar-refractivity contribution is -0.220. The van der Waals surface area contributed by atoms with E-state index in [9.17, 15) is 20.1 Å². The normalized spacial score (nSPS) is 32.7. The zero-order valence-electron chi connectivity index (χ0n) is 11.8. The Morgan fingerprint density at radius 3 is 2.43 bits per heavy atom. The minimum Gasteiger partial charge on any atom is -0.460 e. The number of hydrogen-bond donors (Lipinski definition) is 4. The van der Waals surface area contributed by atoms with Crippen LogP contribution in [-0.4, -0.2) is 83.3 Å². The van der Waals surface area contributed by atoms with Crippen molar-refractivity contribution in [1.82, 2.24) is 0 Å². The van der Waals surface area contributed by atoms with Crippen LogP contribution in [0.1, 0.15) is 6.92 Å². The topological polar surface area (TPSA) is 126 Å². The maximum absolute atomic E-state index is 11.8. The molecule has 1 heterocycles. The molecule has 1 unspecified atom stereocenters. The molecule has 0 aromatic carbocycles. The summed E-state index contributed by atoms with van der Waals surface area (Å²) in [5, 5.41) is 38.2. The Hall–Kier alpha value is -1.03. The number of aliphatic hydroxyl groups is 4. The number of carbonyl (C=O) groups is 1. The molecular formula is C13H22O8. The molecule has 1 rings (SSSR count). The summed E-state index contributed by atoms with van der Waals surface area (Å²) in [4.78, 5) is 11.8. The number of rotatable bonds is 7. The second kappa shape index (κ2) is 8.42. The van der Waals surface area contributed by atoms with E-state index in [1.165, 1.54) is 0 Å². The van der Waals surface area contributed by atoms with Gasteiger partial charge in [-0.05, 0) is 6.92 Å². The first-order chi connectivity index (χ1) is 9.93. The zero-order chi connectivity index (χ0) is 16.0. The Labute approximate surface area is 122 Å². The van der Waals surface area contributed by atoms with Crippen LogP contribution in [0.4, 0.5) is 0 Å². The lowest BCUT2D eigenvalue weighted by Gasteiger charge is -2.40. The fourth-order valence-corrected chi connectivity index (χ4v) is 1.94. The molecule has 8 heteroatoms. The van der Waals surface area contributed by atoms with E-state index in [1.54, 1.807) is 6.92 Å². The first kappa shape index (κ1) is 18.0. The fourth-order valence-electron chi connectivity index (χ4n) is 1.94. The summed E-state index contributed by atoms with van der Waals surface area (Å²) in [6.07, 6.45) is -6.95. The fraction of sp³-hybridized carbons (Fsp3) is 0.769. The lowest BCUT2D eigenvalue weighted by atomic mass is 9.91. The van der Waals surface area contributed by atoms with Crippen molar-refractivity contribution in [3.8, 4) is 0 Å². The van der Waals surface area contributed by atoms with Crippen LogP contribution < -0.4 is 0 Å². The molecule has 0 radical (unpaired) electrons. The van der Waals surface area contributed by atoms with Gasteiger partial charge < -0.3 is 34.6 Å². The number of aliphatic hydroxyl groups excluding tert-OH is 4. The minimum absolute atomic E-state index is 0.0170. The van der Waals surface area contributed by atoms with Gasteiger partial charge in [-0.2, -0.15) is 0 Å². The molecule has 21 heavy (non-hydrogen) atoms. The van der Waals surface area contributed by atoms with Gasteiger partial charge in [0.2, 0.25) is 0 Å². The third kappa shape index (κ3) is 4.47. The predicted octanol–water partition coefficient (Wildman–Crippen LogP) is -2.04. The summed E-state index contributed by atoms with van der Waals surface area (Å²) in [5.41, 5.74) is -0.205. The molecule has 1 saturated heterocycles. The molecule has 0 aromatic rings. The van der Waals surface area contributed by atoms with Crippen LogP contribution in [-0.2, 0) is 19.0 Å². The molecule has 1 aliphatic heterocycles. The van der Waals surface area contributed by atoms with Gasteiger partial charge in [0.1, 0.15) is 37.1 Å². The summed E-state index contributed by atoms with van der Waals surface area (Å²) < 4.78 is 15.1. The van der Waals surface area contributed by atoms with Gasteiger partial charge in [-0.1, -0.05) is 6.58 Å². The molecule has 0 spiro atoms. The van der Waals surface area contributed by atoms with Gasteiger partial charge in [0.25, 0.3) is 0 Å². The number of carbonyl (C=O) groups excluding carboxylic acids is 1. The first-order valence-corrected chi connectivity index (χ1v) is 6.68. The van der Waals surface area contributed by atoms with Crippen molar-refractivity contribution in [1.29, 1.82) is 0 Å². The SMILES string of the molecule is C=C(C(=O)OCCOCC)C1O[C@H](CO)[C@@H](O)[C@H](O)[C@H]1O. The summed E-state index contributed by atoms with van der Waals surface area (Å²) in [6, 6.07) is 0. The van der Waals surface area contributed by atoms with Crippen molar-refractivity contribution in [3.05, 3.63) is 12.2 Å². The van der Waals surface area contributed by atoms with E-state index in [4.69, 9.17) is 19.3 Å². The highest BCUT2D eigenvalue weighted by molar-refractivity contribution is 5.89. The van der Waals surface area contributed by atoms with Crippen molar-refractivity contribution < 1.29 is 39.4 Å². The second-order valence-electron chi connectivity index (χ2n) is 4.61. The highest BCUT2D eigenvalue weighted by Gasteiger charge is 2.45. The van der Waals surface area contributed by atoms with E-state index in [2.05, 4.69) is 6.58 Å². The van der Waals surface area contributed by atoms with Crippen LogP contribution in [0, 0.1) is 0 Å². The zero-order valence-corrected chi connectivity index (χ0v) is 11.8.